The largest absolute Gasteiger partial charge is 0.394 e. The van der Waals surface area contributed by atoms with Crippen LogP contribution in [0.1, 0.15) is 81.1 Å². The second-order valence-corrected chi connectivity index (χ2v) is 13.8. The molecule has 2 atom stereocenters. The highest BCUT2D eigenvalue weighted by Gasteiger charge is 2.62. The zero-order chi connectivity index (χ0) is 31.4. The third-order valence-corrected chi connectivity index (χ3v) is 9.65. The fourth-order valence-corrected chi connectivity index (χ4v) is 6.54. The Hall–Kier alpha value is -2.38. The summed E-state index contributed by atoms with van der Waals surface area (Å²) in [5.74, 6) is 0.793. The molecule has 2 aromatic rings. The van der Waals surface area contributed by atoms with E-state index in [1.165, 1.54) is 31.2 Å². The standard InChI is InChI=1S/C31H40ClF3N6O2S/c1-29(2)18-22(20-37-29)7-5-3-4-6-21-8-11-26(36-19-21)44-40-28(42)23-9-10-24(38-27(23)32)41-16-12-25(39-41)43-17-15-30(13-14-30)31(33,34)35/h8-12,16,19,22,25,37,39H,3-7,13-15,17-18,20H2,1-2H3,(H,40,42). The molecule has 2 unspecified atom stereocenters. The maximum Gasteiger partial charge on any atom is 0.394 e. The van der Waals surface area contributed by atoms with Crippen LogP contribution >= 0.6 is 23.5 Å². The Morgan fingerprint density at radius 3 is 2.68 bits per heavy atom. The van der Waals surface area contributed by atoms with E-state index in [4.69, 9.17) is 16.3 Å². The van der Waals surface area contributed by atoms with Crippen LogP contribution in [0, 0.1) is 11.3 Å². The number of nitrogens with zero attached hydrogens (tertiary/aromatic N) is 3. The van der Waals surface area contributed by atoms with Gasteiger partial charge in [-0.3, -0.25) is 14.5 Å². The van der Waals surface area contributed by atoms with E-state index < -0.39 is 23.7 Å². The molecule has 2 aliphatic heterocycles. The first-order valence-electron chi connectivity index (χ1n) is 15.2. The molecule has 0 spiro atoms. The number of hydrazine groups is 1. The van der Waals surface area contributed by atoms with Crippen LogP contribution in [0.4, 0.5) is 19.0 Å². The number of nitrogens with one attached hydrogen (secondary N) is 3. The number of halogens is 4. The van der Waals surface area contributed by atoms with Crippen molar-refractivity contribution < 1.29 is 22.7 Å². The average molecular weight is 653 g/mol. The first kappa shape index (κ1) is 33.0. The maximum absolute atomic E-state index is 13.1. The van der Waals surface area contributed by atoms with Crippen molar-refractivity contribution in [3.05, 3.63) is 59.0 Å². The highest BCUT2D eigenvalue weighted by molar-refractivity contribution is 7.97. The fourth-order valence-electron chi connectivity index (χ4n) is 5.76. The molecule has 3 N–H and O–H groups in total. The van der Waals surface area contributed by atoms with Gasteiger partial charge in [0.05, 0.1) is 11.0 Å². The maximum atomic E-state index is 13.1. The molecular weight excluding hydrogens is 613 g/mol. The molecule has 1 saturated heterocycles. The molecule has 3 aliphatic rings. The van der Waals surface area contributed by atoms with Gasteiger partial charge in [0, 0.05) is 36.5 Å². The number of hydrogen-bond donors (Lipinski definition) is 3. The fraction of sp³-hybridized carbons (Fsp3) is 0.581. The summed E-state index contributed by atoms with van der Waals surface area (Å²) in [6.07, 6.45) is 7.76. The highest BCUT2D eigenvalue weighted by Crippen LogP contribution is 2.59. The molecule has 1 aliphatic carbocycles. The number of aromatic nitrogens is 2. The highest BCUT2D eigenvalue weighted by atomic mass is 35.5. The Bertz CT molecular complexity index is 1320. The van der Waals surface area contributed by atoms with Crippen molar-refractivity contribution in [2.45, 2.75) is 94.6 Å². The van der Waals surface area contributed by atoms with Gasteiger partial charge in [0.15, 0.2) is 0 Å². The smallest absolute Gasteiger partial charge is 0.358 e. The Labute approximate surface area is 266 Å². The van der Waals surface area contributed by atoms with Gasteiger partial charge in [0.25, 0.3) is 5.91 Å². The van der Waals surface area contributed by atoms with Gasteiger partial charge in [-0.15, -0.1) is 0 Å². The molecule has 0 radical (unpaired) electrons. The molecule has 1 saturated carbocycles. The average Bonchev–Trinajstić information content (AvgIpc) is 3.50. The summed E-state index contributed by atoms with van der Waals surface area (Å²) in [6, 6.07) is 7.12. The lowest BCUT2D eigenvalue weighted by atomic mass is 9.92. The van der Waals surface area contributed by atoms with Gasteiger partial charge in [-0.1, -0.05) is 30.5 Å². The van der Waals surface area contributed by atoms with Crippen molar-refractivity contribution in [3.8, 4) is 0 Å². The van der Waals surface area contributed by atoms with Gasteiger partial charge in [0.1, 0.15) is 22.2 Å². The zero-order valence-electron chi connectivity index (χ0n) is 25.1. The van der Waals surface area contributed by atoms with E-state index in [1.807, 2.05) is 18.3 Å². The summed E-state index contributed by atoms with van der Waals surface area (Å²) in [6.45, 7) is 5.66. The van der Waals surface area contributed by atoms with Gasteiger partial charge in [0.2, 0.25) is 0 Å². The second-order valence-electron chi connectivity index (χ2n) is 12.6. The second kappa shape index (κ2) is 13.9. The van der Waals surface area contributed by atoms with E-state index in [0.29, 0.717) is 10.8 Å². The van der Waals surface area contributed by atoms with E-state index in [2.05, 4.69) is 39.3 Å². The van der Waals surface area contributed by atoms with E-state index in [1.54, 1.807) is 29.4 Å². The van der Waals surface area contributed by atoms with Crippen molar-refractivity contribution in [2.24, 2.45) is 11.3 Å². The molecule has 0 bridgehead atoms. The minimum atomic E-state index is -4.19. The first-order valence-corrected chi connectivity index (χ1v) is 16.4. The number of carbonyl (C=O) groups excluding carboxylic acids is 1. The summed E-state index contributed by atoms with van der Waals surface area (Å²) in [4.78, 5) is 21.5. The number of pyridine rings is 2. The monoisotopic (exact) mass is 652 g/mol. The summed E-state index contributed by atoms with van der Waals surface area (Å²) in [7, 11) is 0. The number of ether oxygens (including phenoxy) is 1. The lowest BCUT2D eigenvalue weighted by Crippen LogP contribution is -2.38. The third-order valence-electron chi connectivity index (χ3n) is 8.63. The number of amides is 1. The summed E-state index contributed by atoms with van der Waals surface area (Å²) in [5.41, 5.74) is 3.06. The van der Waals surface area contributed by atoms with Crippen molar-refractivity contribution in [3.63, 3.8) is 0 Å². The van der Waals surface area contributed by atoms with Crippen LogP contribution in [0.5, 0.6) is 0 Å². The Morgan fingerprint density at radius 1 is 1.20 bits per heavy atom. The number of anilines is 1. The Morgan fingerprint density at radius 2 is 2.02 bits per heavy atom. The molecule has 2 fully saturated rings. The minimum Gasteiger partial charge on any atom is -0.358 e. The quantitative estimate of drug-likeness (QED) is 0.115. The zero-order valence-corrected chi connectivity index (χ0v) is 26.6. The molecule has 8 nitrogen and oxygen atoms in total. The molecule has 13 heteroatoms. The SMILES string of the molecule is CC1(C)CC(CCCCCc2ccc(SNC(=O)c3ccc(N4C=CC(OCCC5(C(F)(F)F)CC5)N4)nc3Cl)nc2)CN1. The molecule has 44 heavy (non-hydrogen) atoms. The van der Waals surface area contributed by atoms with Crippen LogP contribution in [0.15, 0.2) is 47.8 Å². The van der Waals surface area contributed by atoms with Crippen LogP contribution in [0.3, 0.4) is 0 Å². The van der Waals surface area contributed by atoms with Gasteiger partial charge in [-0.2, -0.15) is 18.6 Å². The van der Waals surface area contributed by atoms with E-state index in [-0.39, 0.29) is 42.1 Å². The number of hydrogen-bond acceptors (Lipinski definition) is 8. The molecule has 240 valence electrons. The topological polar surface area (TPSA) is 91.4 Å². The summed E-state index contributed by atoms with van der Waals surface area (Å²) in [5, 5.41) is 5.82. The molecule has 2 aromatic heterocycles. The van der Waals surface area contributed by atoms with Crippen molar-refractivity contribution in [1.82, 2.24) is 25.4 Å². The summed E-state index contributed by atoms with van der Waals surface area (Å²) < 4.78 is 47.7. The Balaban J connectivity index is 1.00. The predicted octanol–water partition coefficient (Wildman–Crippen LogP) is 6.97. The molecule has 0 aromatic carbocycles. The lowest BCUT2D eigenvalue weighted by molar-refractivity contribution is -0.192. The van der Waals surface area contributed by atoms with Gasteiger partial charge in [-0.25, -0.2) is 9.97 Å². The third kappa shape index (κ3) is 8.66. The van der Waals surface area contributed by atoms with Crippen LogP contribution in [-0.2, 0) is 11.2 Å². The van der Waals surface area contributed by atoms with Gasteiger partial charge >= 0.3 is 6.18 Å². The van der Waals surface area contributed by atoms with Crippen LogP contribution in [0.2, 0.25) is 5.15 Å². The predicted molar refractivity (Wildman–Crippen MR) is 166 cm³/mol. The number of aryl methyl sites for hydroxylation is 1. The molecule has 1 amide bonds. The Kier molecular flexibility index (Phi) is 10.5. The molecule has 5 rings (SSSR count). The van der Waals surface area contributed by atoms with E-state index in [9.17, 15) is 18.0 Å². The minimum absolute atomic E-state index is 0.0113. The van der Waals surface area contributed by atoms with Gasteiger partial charge < -0.3 is 10.1 Å². The lowest BCUT2D eigenvalue weighted by Gasteiger charge is -2.22. The van der Waals surface area contributed by atoms with Crippen molar-refractivity contribution in [1.29, 1.82) is 0 Å². The first-order chi connectivity index (χ1) is 20.9. The van der Waals surface area contributed by atoms with Crippen LogP contribution in [-0.4, -0.2) is 47.0 Å². The van der Waals surface area contributed by atoms with E-state index >= 15 is 0 Å². The molecule has 4 heterocycles. The van der Waals surface area contributed by atoms with Gasteiger partial charge in [-0.05, 0) is 101 Å². The number of carbonyl (C=O) groups is 1. The van der Waals surface area contributed by atoms with E-state index in [0.717, 1.165) is 37.3 Å². The van der Waals surface area contributed by atoms with Crippen molar-refractivity contribution in [2.75, 3.05) is 18.2 Å². The van der Waals surface area contributed by atoms with Crippen LogP contribution < -0.4 is 20.5 Å². The normalized spacial score (nSPS) is 22.0. The molecular formula is C31H40ClF3N6O2S. The summed E-state index contributed by atoms with van der Waals surface area (Å²) >= 11 is 7.44. The number of unbranched alkanes of at least 4 members (excludes halogenated alkanes) is 2. The number of alkyl halides is 3. The van der Waals surface area contributed by atoms with Crippen molar-refractivity contribution >= 4 is 35.3 Å². The van der Waals surface area contributed by atoms with Crippen LogP contribution in [0.25, 0.3) is 0 Å². The number of rotatable bonds is 14.